The molecule has 0 saturated carbocycles. The number of rotatable bonds is 8. The van der Waals surface area contributed by atoms with Gasteiger partial charge in [-0.1, -0.05) is 13.0 Å². The number of carbonyl (C=O) groups excluding carboxylic acids is 2. The van der Waals surface area contributed by atoms with E-state index >= 15 is 0 Å². The number of hydrogen-bond acceptors (Lipinski definition) is 6. The Morgan fingerprint density at radius 1 is 1.19 bits per heavy atom. The minimum Gasteiger partial charge on any atom is -0.493 e. The first kappa shape index (κ1) is 24.7. The minimum absolute atomic E-state index is 0.0323. The predicted octanol–water partition coefficient (Wildman–Crippen LogP) is 4.96. The fraction of sp³-hybridized carbons (Fsp3) is 0.250. The molecule has 0 unspecified atom stereocenters. The zero-order valence-electron chi connectivity index (χ0n) is 20.3. The third kappa shape index (κ3) is 4.73. The number of carbonyl (C=O) groups is 2. The summed E-state index contributed by atoms with van der Waals surface area (Å²) in [5.74, 6) is -0.603. The molecule has 2 aromatic carbocycles. The maximum atomic E-state index is 14.2. The van der Waals surface area contributed by atoms with Crippen LogP contribution in [0.25, 0.3) is 11.1 Å². The van der Waals surface area contributed by atoms with E-state index in [1.165, 1.54) is 12.1 Å². The van der Waals surface area contributed by atoms with Crippen LogP contribution in [-0.2, 0) is 13.1 Å². The molecule has 0 aliphatic carbocycles. The zero-order valence-corrected chi connectivity index (χ0v) is 20.3. The van der Waals surface area contributed by atoms with Gasteiger partial charge in [-0.25, -0.2) is 9.37 Å². The molecule has 1 amide bonds. The Hall–Kier alpha value is -4.38. The van der Waals surface area contributed by atoms with E-state index in [0.717, 1.165) is 11.1 Å². The van der Waals surface area contributed by atoms with E-state index in [-0.39, 0.29) is 23.7 Å². The van der Waals surface area contributed by atoms with Crippen LogP contribution in [-0.4, -0.2) is 41.4 Å². The summed E-state index contributed by atoms with van der Waals surface area (Å²) < 4.78 is 20.0. The number of pyridine rings is 1. The summed E-state index contributed by atoms with van der Waals surface area (Å²) in [5.41, 5.74) is 4.51. The van der Waals surface area contributed by atoms with Crippen molar-refractivity contribution in [2.75, 3.05) is 13.7 Å². The van der Waals surface area contributed by atoms with Crippen LogP contribution in [0.2, 0.25) is 0 Å². The highest BCUT2D eigenvalue weighted by Crippen LogP contribution is 2.33. The van der Waals surface area contributed by atoms with Crippen LogP contribution in [0.3, 0.4) is 0 Å². The molecule has 3 aromatic rings. The topological polar surface area (TPSA) is 95.7 Å². The summed E-state index contributed by atoms with van der Waals surface area (Å²) in [7, 11) is 1.69. The van der Waals surface area contributed by atoms with Crippen molar-refractivity contribution in [3.8, 4) is 22.9 Å². The van der Waals surface area contributed by atoms with Crippen molar-refractivity contribution in [3.05, 3.63) is 81.9 Å². The molecule has 0 fully saturated rings. The van der Waals surface area contributed by atoms with E-state index < -0.39 is 5.82 Å². The third-order valence-electron chi connectivity index (χ3n) is 6.07. The summed E-state index contributed by atoms with van der Waals surface area (Å²) in [4.78, 5) is 35.5. The Morgan fingerprint density at radius 3 is 2.72 bits per heavy atom. The van der Waals surface area contributed by atoms with E-state index in [4.69, 9.17) is 4.74 Å². The predicted molar refractivity (Wildman–Crippen MR) is 134 cm³/mol. The summed E-state index contributed by atoms with van der Waals surface area (Å²) in [6.07, 6.45) is 3.46. The second kappa shape index (κ2) is 10.5. The number of amides is 1. The van der Waals surface area contributed by atoms with E-state index in [1.807, 2.05) is 6.92 Å². The molecule has 0 saturated heterocycles. The molecular formula is C28H25FN4O3. The van der Waals surface area contributed by atoms with Crippen LogP contribution in [0.4, 0.5) is 4.39 Å². The summed E-state index contributed by atoms with van der Waals surface area (Å²) in [6.45, 7) is 4.64. The monoisotopic (exact) mass is 484 g/mol. The lowest BCUT2D eigenvalue weighted by Crippen LogP contribution is -2.27. The molecule has 4 rings (SSSR count). The highest BCUT2D eigenvalue weighted by molar-refractivity contribution is 5.98. The smallest absolute Gasteiger partial charge is 0.254 e. The average Bonchev–Trinajstić information content (AvgIpc) is 3.39. The highest BCUT2D eigenvalue weighted by atomic mass is 19.1. The van der Waals surface area contributed by atoms with Crippen molar-refractivity contribution >= 4 is 17.9 Å². The van der Waals surface area contributed by atoms with E-state index in [2.05, 4.69) is 16.0 Å². The average molecular weight is 485 g/mol. The number of benzene rings is 2. The molecule has 7 nitrogen and oxygen atoms in total. The lowest BCUT2D eigenvalue weighted by atomic mass is 9.98. The molecule has 182 valence electrons. The Balaban J connectivity index is 1.62. The van der Waals surface area contributed by atoms with Gasteiger partial charge in [-0.2, -0.15) is 5.26 Å². The van der Waals surface area contributed by atoms with Crippen molar-refractivity contribution in [1.82, 2.24) is 9.88 Å². The molecule has 0 radical (unpaired) electrons. The Labute approximate surface area is 208 Å². The number of nitrogens with zero attached hydrogens (tertiary/aromatic N) is 4. The number of ether oxygens (including phenoxy) is 1. The van der Waals surface area contributed by atoms with Gasteiger partial charge in [0, 0.05) is 49.1 Å². The summed E-state index contributed by atoms with van der Waals surface area (Å²) in [5, 5.41) is 9.27. The number of fused-ring (bicyclic) bond motifs is 1. The normalized spacial score (nSPS) is 11.6. The summed E-state index contributed by atoms with van der Waals surface area (Å²) >= 11 is 0. The van der Waals surface area contributed by atoms with Gasteiger partial charge in [0.25, 0.3) is 5.91 Å². The van der Waals surface area contributed by atoms with Gasteiger partial charge in [0.15, 0.2) is 5.78 Å². The second-order valence-corrected chi connectivity index (χ2v) is 8.38. The first-order chi connectivity index (χ1) is 17.4. The van der Waals surface area contributed by atoms with Gasteiger partial charge >= 0.3 is 0 Å². The maximum Gasteiger partial charge on any atom is 0.254 e. The molecule has 0 spiro atoms. The Kier molecular flexibility index (Phi) is 7.20. The fourth-order valence-electron chi connectivity index (χ4n) is 4.20. The van der Waals surface area contributed by atoms with Gasteiger partial charge in [0.1, 0.15) is 23.3 Å². The van der Waals surface area contributed by atoms with Crippen molar-refractivity contribution in [1.29, 1.82) is 5.26 Å². The molecule has 0 N–H and O–H groups in total. The van der Waals surface area contributed by atoms with Gasteiger partial charge < -0.3 is 9.64 Å². The zero-order chi connectivity index (χ0) is 25.8. The fourth-order valence-corrected chi connectivity index (χ4v) is 4.20. The molecule has 8 heteroatoms. The number of hydrogen-bond donors (Lipinski definition) is 0. The maximum absolute atomic E-state index is 14.2. The molecular weight excluding hydrogens is 459 g/mol. The van der Waals surface area contributed by atoms with Crippen LogP contribution in [0, 0.1) is 17.1 Å². The van der Waals surface area contributed by atoms with Crippen molar-refractivity contribution in [3.63, 3.8) is 0 Å². The van der Waals surface area contributed by atoms with Crippen LogP contribution in [0.15, 0.2) is 47.6 Å². The number of aliphatic imine (C=N–C) groups is 1. The van der Waals surface area contributed by atoms with Crippen molar-refractivity contribution in [2.24, 2.45) is 4.99 Å². The van der Waals surface area contributed by atoms with Gasteiger partial charge in [-0.05, 0) is 53.9 Å². The number of aromatic nitrogens is 1. The molecule has 36 heavy (non-hydrogen) atoms. The van der Waals surface area contributed by atoms with Gasteiger partial charge in [0.05, 0.1) is 18.7 Å². The lowest BCUT2D eigenvalue weighted by Gasteiger charge is -2.20. The molecule has 2 heterocycles. The van der Waals surface area contributed by atoms with Crippen molar-refractivity contribution in [2.45, 2.75) is 33.4 Å². The standard InChI is InChI=1S/C28H25FN4O3/c1-4-26(34)21-10-17(7-9-24(21)29)20-8-6-18(11-27(20)36-5-2)28(35)33(3)16-19-13-32-25(12-30)23-15-31-14-22(19)23/h6-11,13,15H,4-5,14,16H2,1-3H3. The van der Waals surface area contributed by atoms with E-state index in [1.54, 1.807) is 55.5 Å². The van der Waals surface area contributed by atoms with Gasteiger partial charge in [-0.15, -0.1) is 0 Å². The first-order valence-electron chi connectivity index (χ1n) is 11.6. The number of halogens is 1. The Morgan fingerprint density at radius 2 is 2.00 bits per heavy atom. The van der Waals surface area contributed by atoms with E-state index in [0.29, 0.717) is 53.4 Å². The summed E-state index contributed by atoms with van der Waals surface area (Å²) in [6, 6.07) is 11.5. The third-order valence-corrected chi connectivity index (χ3v) is 6.07. The first-order valence-corrected chi connectivity index (χ1v) is 11.6. The quantitative estimate of drug-likeness (QED) is 0.421. The minimum atomic E-state index is -0.564. The van der Waals surface area contributed by atoms with Crippen LogP contribution < -0.4 is 4.74 Å². The largest absolute Gasteiger partial charge is 0.493 e. The van der Waals surface area contributed by atoms with E-state index in [9.17, 15) is 19.2 Å². The Bertz CT molecular complexity index is 1430. The van der Waals surface area contributed by atoms with Crippen molar-refractivity contribution < 1.29 is 18.7 Å². The molecule has 1 aromatic heterocycles. The molecule has 1 aliphatic heterocycles. The van der Waals surface area contributed by atoms with Gasteiger partial charge in [0.2, 0.25) is 0 Å². The number of Topliss-reactive ketones (excluding diaryl/α,β-unsaturated/α-hetero) is 1. The van der Waals surface area contributed by atoms with Crippen LogP contribution in [0.1, 0.15) is 63.4 Å². The number of ketones is 1. The van der Waals surface area contributed by atoms with Crippen LogP contribution >= 0.6 is 0 Å². The highest BCUT2D eigenvalue weighted by Gasteiger charge is 2.21. The molecule has 1 aliphatic rings. The van der Waals surface area contributed by atoms with Crippen LogP contribution in [0.5, 0.6) is 5.75 Å². The molecule has 0 bridgehead atoms. The van der Waals surface area contributed by atoms with Gasteiger partial charge in [-0.3, -0.25) is 14.6 Å². The second-order valence-electron chi connectivity index (χ2n) is 8.38. The number of nitriles is 1. The lowest BCUT2D eigenvalue weighted by molar-refractivity contribution is 0.0784. The molecule has 0 atom stereocenters. The SMILES string of the molecule is CCOc1cc(C(=O)N(C)Cc2cnc(C#N)c3c2CN=C3)ccc1-c1ccc(F)c(C(=O)CC)c1.